The van der Waals surface area contributed by atoms with Crippen molar-refractivity contribution in [1.29, 1.82) is 0 Å². The number of carbonyl (C=O) groups excluding carboxylic acids is 1. The van der Waals surface area contributed by atoms with Crippen molar-refractivity contribution in [2.75, 3.05) is 0 Å². The molecule has 0 heterocycles. The van der Waals surface area contributed by atoms with Crippen molar-refractivity contribution in [2.45, 2.75) is 34.6 Å². The molecule has 13 heavy (non-hydrogen) atoms. The molecule has 0 radical (unpaired) electrons. The Hall–Kier alpha value is -0.590. The summed E-state index contributed by atoms with van der Waals surface area (Å²) in [6, 6.07) is 0. The van der Waals surface area contributed by atoms with Crippen LogP contribution < -0.4 is 0 Å². The molecule has 2 rings (SSSR count). The molecule has 1 fully saturated rings. The van der Waals surface area contributed by atoms with Crippen molar-refractivity contribution in [3.63, 3.8) is 0 Å². The molecule has 1 saturated carbocycles. The predicted octanol–water partition coefficient (Wildman–Crippen LogP) is 2.81. The molecule has 0 saturated heterocycles. The lowest BCUT2D eigenvalue weighted by Gasteiger charge is -2.62. The summed E-state index contributed by atoms with van der Waals surface area (Å²) in [5.41, 5.74) is 1.32. The highest BCUT2D eigenvalue weighted by atomic mass is 16.1. The molecule has 0 N–H and O–H groups in total. The molecule has 0 unspecified atom stereocenters. The average molecular weight is 178 g/mol. The number of hydrogen-bond acceptors (Lipinski definition) is 1. The third-order valence-corrected chi connectivity index (χ3v) is 5.33. The summed E-state index contributed by atoms with van der Waals surface area (Å²) in [6.07, 6.45) is 1.86. The highest BCUT2D eigenvalue weighted by Crippen LogP contribution is 2.70. The molecule has 0 bridgehead atoms. The fourth-order valence-electron chi connectivity index (χ4n) is 3.60. The van der Waals surface area contributed by atoms with Crippen molar-refractivity contribution in [2.24, 2.45) is 22.7 Å². The Balaban J connectivity index is 2.53. The monoisotopic (exact) mass is 178 g/mol. The van der Waals surface area contributed by atoms with Crippen LogP contribution in [0.25, 0.3) is 0 Å². The van der Waals surface area contributed by atoms with Crippen molar-refractivity contribution in [3.8, 4) is 0 Å². The fourth-order valence-corrected chi connectivity index (χ4v) is 3.60. The number of allylic oxidation sites excluding steroid dienone is 2. The van der Waals surface area contributed by atoms with Crippen LogP contribution in [-0.4, -0.2) is 5.78 Å². The van der Waals surface area contributed by atoms with E-state index in [1.807, 2.05) is 6.08 Å². The van der Waals surface area contributed by atoms with Gasteiger partial charge >= 0.3 is 0 Å². The Morgan fingerprint density at radius 3 is 2.08 bits per heavy atom. The van der Waals surface area contributed by atoms with E-state index in [-0.39, 0.29) is 10.8 Å². The summed E-state index contributed by atoms with van der Waals surface area (Å²) in [5, 5.41) is 0. The summed E-state index contributed by atoms with van der Waals surface area (Å²) in [5.74, 6) is 1.51. The van der Waals surface area contributed by atoms with E-state index in [1.165, 1.54) is 5.57 Å². The van der Waals surface area contributed by atoms with Crippen molar-refractivity contribution in [1.82, 2.24) is 0 Å². The van der Waals surface area contributed by atoms with Crippen molar-refractivity contribution in [3.05, 3.63) is 11.6 Å². The summed E-state index contributed by atoms with van der Waals surface area (Å²) >= 11 is 0. The first-order chi connectivity index (χ1) is 5.86. The van der Waals surface area contributed by atoms with Crippen LogP contribution in [0.4, 0.5) is 0 Å². The maximum atomic E-state index is 11.9. The quantitative estimate of drug-likeness (QED) is 0.557. The first-order valence-corrected chi connectivity index (χ1v) is 5.10. The maximum Gasteiger partial charge on any atom is 0.162 e. The Morgan fingerprint density at radius 1 is 1.15 bits per heavy atom. The van der Waals surface area contributed by atoms with Gasteiger partial charge in [-0.25, -0.2) is 0 Å². The average Bonchev–Trinajstić information content (AvgIpc) is 2.26. The zero-order valence-corrected chi connectivity index (χ0v) is 9.14. The van der Waals surface area contributed by atoms with E-state index in [9.17, 15) is 4.79 Å². The Labute approximate surface area is 80.2 Å². The SMILES string of the molecule is CC1=CC(=O)[C@]2(C)[C@H](C)[C@H](C)[C@@]12C. The smallest absolute Gasteiger partial charge is 0.162 e. The van der Waals surface area contributed by atoms with E-state index < -0.39 is 0 Å². The number of carbonyl (C=O) groups is 1. The number of hydrogen-bond donors (Lipinski definition) is 0. The van der Waals surface area contributed by atoms with Gasteiger partial charge in [0.05, 0.1) is 0 Å². The molecule has 0 aromatic carbocycles. The first kappa shape index (κ1) is 8.98. The lowest BCUT2D eigenvalue weighted by atomic mass is 9.40. The van der Waals surface area contributed by atoms with E-state index >= 15 is 0 Å². The van der Waals surface area contributed by atoms with Gasteiger partial charge in [0.25, 0.3) is 0 Å². The zero-order valence-electron chi connectivity index (χ0n) is 9.14. The van der Waals surface area contributed by atoms with E-state index in [0.29, 0.717) is 17.6 Å². The van der Waals surface area contributed by atoms with E-state index in [2.05, 4.69) is 34.6 Å². The van der Waals surface area contributed by atoms with Gasteiger partial charge in [0.15, 0.2) is 5.78 Å². The van der Waals surface area contributed by atoms with Gasteiger partial charge in [-0.3, -0.25) is 4.79 Å². The lowest BCUT2D eigenvalue weighted by Crippen LogP contribution is -2.61. The van der Waals surface area contributed by atoms with E-state index in [0.717, 1.165) is 0 Å². The molecule has 0 amide bonds. The summed E-state index contributed by atoms with van der Waals surface area (Å²) in [7, 11) is 0. The maximum absolute atomic E-state index is 11.9. The van der Waals surface area contributed by atoms with Crippen molar-refractivity contribution >= 4 is 5.78 Å². The zero-order chi connectivity index (χ0) is 10.0. The summed E-state index contributed by atoms with van der Waals surface area (Å²) in [6.45, 7) is 11.0. The molecule has 0 aromatic rings. The second-order valence-electron chi connectivity index (χ2n) is 5.17. The van der Waals surface area contributed by atoms with E-state index in [1.54, 1.807) is 0 Å². The predicted molar refractivity (Wildman–Crippen MR) is 53.3 cm³/mol. The van der Waals surface area contributed by atoms with Crippen LogP contribution in [0.1, 0.15) is 34.6 Å². The molecule has 0 aliphatic heterocycles. The largest absolute Gasteiger partial charge is 0.294 e. The minimum Gasteiger partial charge on any atom is -0.294 e. The molecule has 72 valence electrons. The molecular formula is C12H18O. The Morgan fingerprint density at radius 2 is 1.62 bits per heavy atom. The third-order valence-electron chi connectivity index (χ3n) is 5.33. The van der Waals surface area contributed by atoms with Crippen LogP contribution in [0.15, 0.2) is 11.6 Å². The molecule has 0 spiro atoms. The first-order valence-electron chi connectivity index (χ1n) is 5.10. The normalized spacial score (nSPS) is 54.2. The topological polar surface area (TPSA) is 17.1 Å². The lowest BCUT2D eigenvalue weighted by molar-refractivity contribution is -0.163. The fraction of sp³-hybridized carbons (Fsp3) is 0.750. The van der Waals surface area contributed by atoms with Gasteiger partial charge in [-0.05, 0) is 24.8 Å². The number of rotatable bonds is 0. The summed E-state index contributed by atoms with van der Waals surface area (Å²) in [4.78, 5) is 11.9. The van der Waals surface area contributed by atoms with Gasteiger partial charge < -0.3 is 0 Å². The van der Waals surface area contributed by atoms with Gasteiger partial charge in [-0.15, -0.1) is 0 Å². The molecule has 1 nitrogen and oxygen atoms in total. The second-order valence-corrected chi connectivity index (χ2v) is 5.17. The second kappa shape index (κ2) is 2.08. The third kappa shape index (κ3) is 0.619. The van der Waals surface area contributed by atoms with Gasteiger partial charge in [0.1, 0.15) is 0 Å². The van der Waals surface area contributed by atoms with Crippen molar-refractivity contribution < 1.29 is 4.79 Å². The highest BCUT2D eigenvalue weighted by molar-refractivity contribution is 6.01. The van der Waals surface area contributed by atoms with Gasteiger partial charge in [0, 0.05) is 10.8 Å². The van der Waals surface area contributed by atoms with Gasteiger partial charge in [-0.1, -0.05) is 33.3 Å². The molecule has 1 heteroatoms. The van der Waals surface area contributed by atoms with Crippen LogP contribution >= 0.6 is 0 Å². The minimum absolute atomic E-state index is 0.101. The van der Waals surface area contributed by atoms with Crippen LogP contribution in [0.5, 0.6) is 0 Å². The molecular weight excluding hydrogens is 160 g/mol. The summed E-state index contributed by atoms with van der Waals surface area (Å²) < 4.78 is 0. The highest BCUT2D eigenvalue weighted by Gasteiger charge is 2.69. The van der Waals surface area contributed by atoms with Crippen LogP contribution in [0.3, 0.4) is 0 Å². The van der Waals surface area contributed by atoms with Gasteiger partial charge in [0.2, 0.25) is 0 Å². The molecule has 4 atom stereocenters. The Bertz CT molecular complexity index is 315. The van der Waals surface area contributed by atoms with Crippen LogP contribution in [0, 0.1) is 22.7 Å². The Kier molecular flexibility index (Phi) is 1.43. The van der Waals surface area contributed by atoms with Crippen LogP contribution in [0.2, 0.25) is 0 Å². The molecule has 2 aliphatic rings. The minimum atomic E-state index is -0.101. The molecule has 2 aliphatic carbocycles. The number of fused-ring (bicyclic) bond motifs is 1. The van der Waals surface area contributed by atoms with Crippen LogP contribution in [-0.2, 0) is 4.79 Å². The van der Waals surface area contributed by atoms with Gasteiger partial charge in [-0.2, -0.15) is 0 Å². The van der Waals surface area contributed by atoms with E-state index in [4.69, 9.17) is 0 Å². The number of ketones is 1. The standard InChI is InChI=1S/C12H18O/c1-7-6-10(13)12(5)9(3)8(2)11(7,12)4/h6,8-9H,1-5H3/t8-,9+,11+,12-/m0/s1. The molecule has 0 aromatic heterocycles.